The molecule has 0 saturated carbocycles. The molecule has 0 bridgehead atoms. The lowest BCUT2D eigenvalue weighted by Gasteiger charge is -2.34. The fourth-order valence-corrected chi connectivity index (χ4v) is 4.23. The van der Waals surface area contributed by atoms with Gasteiger partial charge in [-0.25, -0.2) is 8.42 Å². The number of aliphatic carboxylic acids is 1. The van der Waals surface area contributed by atoms with Gasteiger partial charge in [0.25, 0.3) is 0 Å². The highest BCUT2D eigenvalue weighted by atomic mass is 32.2. The minimum atomic E-state index is -3.79. The van der Waals surface area contributed by atoms with Gasteiger partial charge in [-0.15, -0.1) is 0 Å². The van der Waals surface area contributed by atoms with Crippen LogP contribution in [0.15, 0.2) is 35.2 Å². The van der Waals surface area contributed by atoms with Crippen LogP contribution in [-0.2, 0) is 19.6 Å². The number of hydrogen-bond acceptors (Lipinski definition) is 4. The second-order valence-corrected chi connectivity index (χ2v) is 7.40. The van der Waals surface area contributed by atoms with Gasteiger partial charge in [-0.3, -0.25) is 9.59 Å². The predicted octanol–water partition coefficient (Wildman–Crippen LogP) is 0.819. The minimum absolute atomic E-state index is 0.131. The van der Waals surface area contributed by atoms with Crippen molar-refractivity contribution in [2.75, 3.05) is 6.54 Å². The molecular formula is C15H20N2O5S. The van der Waals surface area contributed by atoms with E-state index in [1.165, 1.54) is 23.4 Å². The van der Waals surface area contributed by atoms with Crippen LogP contribution in [0.5, 0.6) is 0 Å². The van der Waals surface area contributed by atoms with Crippen LogP contribution in [0.3, 0.4) is 0 Å². The number of carboxylic acid groups (broad SMARTS) is 1. The Bertz CT molecular complexity index is 674. The molecule has 1 amide bonds. The fraction of sp³-hybridized carbons (Fsp3) is 0.467. The standard InChI is InChI=1S/C15H20N2O5S/c1-11(15(19)20)16-14(18)13-9-5-6-10-17(13)23(21,22)12-7-3-2-4-8-12/h2-4,7-8,11,13H,5-6,9-10H2,1H3,(H,16,18)(H,19,20)/t11-,13?/m1/s1. The van der Waals surface area contributed by atoms with Crippen molar-refractivity contribution < 1.29 is 23.1 Å². The van der Waals surface area contributed by atoms with Gasteiger partial charge >= 0.3 is 5.97 Å². The van der Waals surface area contributed by atoms with E-state index in [1.54, 1.807) is 18.2 Å². The topological polar surface area (TPSA) is 104 Å². The smallest absolute Gasteiger partial charge is 0.325 e. The lowest BCUT2D eigenvalue weighted by atomic mass is 10.0. The maximum atomic E-state index is 12.8. The molecule has 1 aliphatic rings. The van der Waals surface area contributed by atoms with Crippen LogP contribution in [0.2, 0.25) is 0 Å². The summed E-state index contributed by atoms with van der Waals surface area (Å²) < 4.78 is 26.7. The molecule has 1 fully saturated rings. The molecule has 0 radical (unpaired) electrons. The van der Waals surface area contributed by atoms with E-state index >= 15 is 0 Å². The third kappa shape index (κ3) is 3.89. The van der Waals surface area contributed by atoms with Gasteiger partial charge in [-0.2, -0.15) is 4.31 Å². The van der Waals surface area contributed by atoms with Gasteiger partial charge in [-0.1, -0.05) is 24.6 Å². The van der Waals surface area contributed by atoms with Gasteiger partial charge in [0, 0.05) is 6.54 Å². The normalized spacial score (nSPS) is 20.7. The number of benzene rings is 1. The monoisotopic (exact) mass is 340 g/mol. The average Bonchev–Trinajstić information content (AvgIpc) is 2.55. The lowest BCUT2D eigenvalue weighted by Crippen LogP contribution is -2.54. The van der Waals surface area contributed by atoms with E-state index in [2.05, 4.69) is 5.32 Å². The van der Waals surface area contributed by atoms with E-state index in [1.807, 2.05) is 0 Å². The highest BCUT2D eigenvalue weighted by Gasteiger charge is 2.38. The number of nitrogens with zero attached hydrogens (tertiary/aromatic N) is 1. The molecule has 1 aliphatic heterocycles. The zero-order valence-corrected chi connectivity index (χ0v) is 13.6. The number of sulfonamides is 1. The van der Waals surface area contributed by atoms with Crippen LogP contribution in [0.1, 0.15) is 26.2 Å². The van der Waals surface area contributed by atoms with E-state index in [4.69, 9.17) is 5.11 Å². The molecule has 1 saturated heterocycles. The SMILES string of the molecule is C[C@@H](NC(=O)C1CCCCN1S(=O)(=O)c1ccccc1)C(=O)O. The Balaban J connectivity index is 2.25. The molecule has 23 heavy (non-hydrogen) atoms. The number of nitrogens with one attached hydrogen (secondary N) is 1. The van der Waals surface area contributed by atoms with Crippen LogP contribution in [0.25, 0.3) is 0 Å². The Hall–Kier alpha value is -1.93. The Kier molecular flexibility index (Phi) is 5.38. The molecule has 1 unspecified atom stereocenters. The third-order valence-electron chi connectivity index (χ3n) is 3.84. The van der Waals surface area contributed by atoms with Gasteiger partial charge < -0.3 is 10.4 Å². The number of piperidine rings is 1. The first-order valence-electron chi connectivity index (χ1n) is 7.44. The zero-order valence-electron chi connectivity index (χ0n) is 12.8. The second kappa shape index (κ2) is 7.10. The maximum absolute atomic E-state index is 12.8. The van der Waals surface area contributed by atoms with Crippen molar-refractivity contribution >= 4 is 21.9 Å². The van der Waals surface area contributed by atoms with E-state index in [0.717, 1.165) is 6.42 Å². The molecule has 0 spiro atoms. The summed E-state index contributed by atoms with van der Waals surface area (Å²) in [5, 5.41) is 11.2. The summed E-state index contributed by atoms with van der Waals surface area (Å²) in [6, 6.07) is 5.99. The Morgan fingerprint density at radius 3 is 2.52 bits per heavy atom. The third-order valence-corrected chi connectivity index (χ3v) is 5.76. The van der Waals surface area contributed by atoms with Crippen molar-refractivity contribution in [2.24, 2.45) is 0 Å². The summed E-state index contributed by atoms with van der Waals surface area (Å²) in [7, 11) is -3.79. The maximum Gasteiger partial charge on any atom is 0.325 e. The average molecular weight is 340 g/mol. The summed E-state index contributed by atoms with van der Waals surface area (Å²) in [6.45, 7) is 1.59. The van der Waals surface area contributed by atoms with Crippen LogP contribution < -0.4 is 5.32 Å². The molecule has 2 rings (SSSR count). The van der Waals surface area contributed by atoms with Crippen molar-refractivity contribution in [2.45, 2.75) is 43.2 Å². The number of carbonyl (C=O) groups is 2. The molecule has 0 aromatic heterocycles. The van der Waals surface area contributed by atoms with Crippen LogP contribution in [0, 0.1) is 0 Å². The molecule has 126 valence electrons. The quantitative estimate of drug-likeness (QED) is 0.826. The Labute approximate surface area is 135 Å². The molecular weight excluding hydrogens is 320 g/mol. The summed E-state index contributed by atoms with van der Waals surface area (Å²) in [6.07, 6.45) is 1.77. The number of hydrogen-bond donors (Lipinski definition) is 2. The van der Waals surface area contributed by atoms with Gasteiger partial charge in [0.15, 0.2) is 0 Å². The second-order valence-electron chi connectivity index (χ2n) is 5.51. The van der Waals surface area contributed by atoms with Crippen LogP contribution >= 0.6 is 0 Å². The van der Waals surface area contributed by atoms with Crippen molar-refractivity contribution in [3.8, 4) is 0 Å². The highest BCUT2D eigenvalue weighted by Crippen LogP contribution is 2.25. The largest absolute Gasteiger partial charge is 0.480 e. The number of rotatable bonds is 5. The molecule has 1 aromatic rings. The number of carbonyl (C=O) groups excluding carboxylic acids is 1. The number of amides is 1. The molecule has 1 heterocycles. The number of carboxylic acids is 1. The first kappa shape index (κ1) is 17.4. The van der Waals surface area contributed by atoms with E-state index in [9.17, 15) is 18.0 Å². The predicted molar refractivity (Wildman–Crippen MR) is 83.2 cm³/mol. The first-order valence-corrected chi connectivity index (χ1v) is 8.88. The highest BCUT2D eigenvalue weighted by molar-refractivity contribution is 7.89. The van der Waals surface area contributed by atoms with E-state index < -0.39 is 34.0 Å². The lowest BCUT2D eigenvalue weighted by molar-refractivity contribution is -0.142. The van der Waals surface area contributed by atoms with Gasteiger partial charge in [-0.05, 0) is 31.9 Å². The Morgan fingerprint density at radius 1 is 1.26 bits per heavy atom. The van der Waals surface area contributed by atoms with E-state index in [-0.39, 0.29) is 11.4 Å². The summed E-state index contributed by atoms with van der Waals surface area (Å²) in [5.41, 5.74) is 0. The van der Waals surface area contributed by atoms with Crippen molar-refractivity contribution in [1.82, 2.24) is 9.62 Å². The van der Waals surface area contributed by atoms with Gasteiger partial charge in [0.2, 0.25) is 15.9 Å². The van der Waals surface area contributed by atoms with Crippen LogP contribution in [-0.4, -0.2) is 48.3 Å². The van der Waals surface area contributed by atoms with Crippen molar-refractivity contribution in [3.05, 3.63) is 30.3 Å². The molecule has 8 heteroatoms. The molecule has 7 nitrogen and oxygen atoms in total. The molecule has 2 N–H and O–H groups in total. The van der Waals surface area contributed by atoms with E-state index in [0.29, 0.717) is 12.8 Å². The fourth-order valence-electron chi connectivity index (χ4n) is 2.55. The molecule has 1 aromatic carbocycles. The Morgan fingerprint density at radius 2 is 1.91 bits per heavy atom. The van der Waals surface area contributed by atoms with Crippen molar-refractivity contribution in [3.63, 3.8) is 0 Å². The minimum Gasteiger partial charge on any atom is -0.480 e. The van der Waals surface area contributed by atoms with Gasteiger partial charge in [0.05, 0.1) is 4.90 Å². The van der Waals surface area contributed by atoms with Crippen molar-refractivity contribution in [1.29, 1.82) is 0 Å². The molecule has 0 aliphatic carbocycles. The van der Waals surface area contributed by atoms with Gasteiger partial charge in [0.1, 0.15) is 12.1 Å². The summed E-state index contributed by atoms with van der Waals surface area (Å²) in [5.74, 6) is -1.73. The van der Waals surface area contributed by atoms with Crippen LogP contribution in [0.4, 0.5) is 0 Å². The molecule has 2 atom stereocenters. The zero-order chi connectivity index (χ0) is 17.0. The summed E-state index contributed by atoms with van der Waals surface area (Å²) in [4.78, 5) is 23.3. The first-order chi connectivity index (χ1) is 10.8. The summed E-state index contributed by atoms with van der Waals surface area (Å²) >= 11 is 0.